The summed E-state index contributed by atoms with van der Waals surface area (Å²) in [5, 5.41) is 8.82. The van der Waals surface area contributed by atoms with Gasteiger partial charge in [-0.05, 0) is 7.05 Å². The van der Waals surface area contributed by atoms with Gasteiger partial charge < -0.3 is 14.1 Å². The zero-order chi connectivity index (χ0) is 15.3. The van der Waals surface area contributed by atoms with Crippen LogP contribution >= 0.6 is 0 Å². The summed E-state index contributed by atoms with van der Waals surface area (Å²) in [6, 6.07) is 0. The first-order chi connectivity index (χ1) is 8.41. The van der Waals surface area contributed by atoms with Crippen molar-refractivity contribution in [3.63, 3.8) is 0 Å². The highest BCUT2D eigenvalue weighted by Gasteiger charge is 2.36. The Kier molecular flexibility index (Phi) is 6.69. The fraction of sp³-hybridized carbons (Fsp3) is 1.00. The minimum atomic E-state index is -6.09. The van der Waals surface area contributed by atoms with Crippen LogP contribution in [0.15, 0.2) is 0 Å². The van der Waals surface area contributed by atoms with E-state index in [1.54, 1.807) is 0 Å². The molecule has 0 aromatic heterocycles. The smallest absolute Gasteiger partial charge is 0.485 e. The van der Waals surface area contributed by atoms with E-state index in [1.165, 1.54) is 13.1 Å². The maximum absolute atomic E-state index is 10.7. The van der Waals surface area contributed by atoms with Crippen LogP contribution in [0.3, 0.4) is 0 Å². The van der Waals surface area contributed by atoms with E-state index >= 15 is 0 Å². The Morgan fingerprint density at radius 1 is 1.32 bits per heavy atom. The lowest BCUT2D eigenvalue weighted by Gasteiger charge is -2.40. The van der Waals surface area contributed by atoms with Crippen molar-refractivity contribution in [3.8, 4) is 0 Å². The number of rotatable bonds is 2. The number of hydrogen-bond donors (Lipinski definition) is 1. The summed E-state index contributed by atoms with van der Waals surface area (Å²) in [5.74, 6) is 0. The van der Waals surface area contributed by atoms with Gasteiger partial charge in [0.1, 0.15) is 6.54 Å². The molecule has 0 atom stereocenters. The number of quaternary nitrogens is 1. The molecule has 116 valence electrons. The lowest BCUT2D eigenvalue weighted by atomic mass is 10.3. The van der Waals surface area contributed by atoms with Gasteiger partial charge in [0.2, 0.25) is 0 Å². The predicted octanol–water partition coefficient (Wildman–Crippen LogP) is -0.578. The molecular formula is C9H19F3N2O4S. The van der Waals surface area contributed by atoms with Crippen molar-refractivity contribution >= 4 is 10.1 Å². The number of aliphatic hydroxyl groups excluding tert-OH is 1. The van der Waals surface area contributed by atoms with E-state index < -0.39 is 15.6 Å². The molecule has 0 saturated carbocycles. The summed E-state index contributed by atoms with van der Waals surface area (Å²) < 4.78 is 59.9. The van der Waals surface area contributed by atoms with Crippen LogP contribution in [-0.2, 0) is 10.1 Å². The molecule has 1 N–H and O–H groups in total. The number of aliphatic hydroxyl groups is 1. The Labute approximate surface area is 110 Å². The van der Waals surface area contributed by atoms with E-state index in [0.717, 1.165) is 24.1 Å². The molecule has 1 saturated heterocycles. The van der Waals surface area contributed by atoms with E-state index in [4.69, 9.17) is 18.1 Å². The second-order valence-corrected chi connectivity index (χ2v) is 6.09. The summed E-state index contributed by atoms with van der Waals surface area (Å²) in [4.78, 5) is 2.34. The first kappa shape index (κ1) is 18.6. The lowest BCUT2D eigenvalue weighted by Crippen LogP contribution is -2.57. The van der Waals surface area contributed by atoms with E-state index in [9.17, 15) is 13.2 Å². The van der Waals surface area contributed by atoms with Crippen LogP contribution in [-0.4, -0.2) is 86.4 Å². The average molecular weight is 308 g/mol. The van der Waals surface area contributed by atoms with E-state index in [2.05, 4.69) is 19.0 Å². The third-order valence-electron chi connectivity index (χ3n) is 2.97. The third-order valence-corrected chi connectivity index (χ3v) is 3.53. The molecule has 0 bridgehead atoms. The first-order valence-electron chi connectivity index (χ1n) is 5.56. The second-order valence-electron chi connectivity index (χ2n) is 4.72. The number of hydrogen-bond acceptors (Lipinski definition) is 5. The number of halogens is 3. The maximum Gasteiger partial charge on any atom is 0.485 e. The van der Waals surface area contributed by atoms with Gasteiger partial charge in [0, 0.05) is 13.1 Å². The Bertz CT molecular complexity index is 364. The summed E-state index contributed by atoms with van der Waals surface area (Å²) in [6.07, 6.45) is 0. The topological polar surface area (TPSA) is 80.7 Å². The molecule has 1 rings (SSSR count). The highest BCUT2D eigenvalue weighted by molar-refractivity contribution is 7.86. The van der Waals surface area contributed by atoms with Crippen molar-refractivity contribution in [2.24, 2.45) is 0 Å². The van der Waals surface area contributed by atoms with Crippen molar-refractivity contribution in [2.45, 2.75) is 5.51 Å². The standard InChI is InChI=1S/C8H19N2O.CHF3O3S/c1-9-3-5-10(2,6-4-9)7-8-11;2-1(3,4)8(5,6)7/h11H,3-8H2,1-2H3;(H,5,6,7)/q+1;/p-1. The highest BCUT2D eigenvalue weighted by atomic mass is 32.2. The summed E-state index contributed by atoms with van der Waals surface area (Å²) >= 11 is 0. The van der Waals surface area contributed by atoms with E-state index in [1.807, 2.05) is 0 Å². The van der Waals surface area contributed by atoms with Crippen LogP contribution in [0.2, 0.25) is 0 Å². The lowest BCUT2D eigenvalue weighted by molar-refractivity contribution is -0.913. The molecule has 0 aromatic carbocycles. The van der Waals surface area contributed by atoms with Gasteiger partial charge in [-0.3, -0.25) is 4.90 Å². The third kappa shape index (κ3) is 7.06. The molecule has 0 aromatic rings. The van der Waals surface area contributed by atoms with Crippen LogP contribution in [0, 0.1) is 0 Å². The van der Waals surface area contributed by atoms with E-state index in [-0.39, 0.29) is 0 Å². The summed E-state index contributed by atoms with van der Waals surface area (Å²) in [5.41, 5.74) is -5.65. The van der Waals surface area contributed by atoms with Crippen molar-refractivity contribution in [1.82, 2.24) is 4.90 Å². The van der Waals surface area contributed by atoms with Crippen molar-refractivity contribution in [3.05, 3.63) is 0 Å². The van der Waals surface area contributed by atoms with Gasteiger partial charge in [0.15, 0.2) is 10.1 Å². The fourth-order valence-corrected chi connectivity index (χ4v) is 1.51. The molecule has 10 heteroatoms. The Morgan fingerprint density at radius 3 is 1.95 bits per heavy atom. The molecule has 6 nitrogen and oxygen atoms in total. The monoisotopic (exact) mass is 308 g/mol. The molecule has 0 aliphatic carbocycles. The van der Waals surface area contributed by atoms with Crippen LogP contribution in [0.25, 0.3) is 0 Å². The SMILES string of the molecule is CN1CC[N+](C)(CCO)CC1.O=S(=O)([O-])C(F)(F)F. The quantitative estimate of drug-likeness (QED) is 0.419. The molecule has 0 spiro atoms. The molecule has 0 radical (unpaired) electrons. The molecule has 1 aliphatic heterocycles. The molecule has 0 unspecified atom stereocenters. The Balaban J connectivity index is 0.000000362. The minimum Gasteiger partial charge on any atom is -0.741 e. The zero-order valence-corrected chi connectivity index (χ0v) is 11.7. The first-order valence-corrected chi connectivity index (χ1v) is 6.97. The van der Waals surface area contributed by atoms with Gasteiger partial charge in [-0.15, -0.1) is 0 Å². The van der Waals surface area contributed by atoms with Gasteiger partial charge in [0.05, 0.1) is 26.7 Å². The van der Waals surface area contributed by atoms with E-state index in [0.29, 0.717) is 6.61 Å². The molecular weight excluding hydrogens is 289 g/mol. The highest BCUT2D eigenvalue weighted by Crippen LogP contribution is 2.20. The number of nitrogens with zero attached hydrogens (tertiary/aromatic N) is 2. The van der Waals surface area contributed by atoms with Gasteiger partial charge in [0.25, 0.3) is 0 Å². The summed E-state index contributed by atoms with van der Waals surface area (Å²) in [7, 11) is -1.71. The van der Waals surface area contributed by atoms with Gasteiger partial charge >= 0.3 is 5.51 Å². The number of piperazine rings is 1. The number of alkyl halides is 3. The van der Waals surface area contributed by atoms with Gasteiger partial charge in [-0.1, -0.05) is 0 Å². The normalized spacial score (nSPS) is 20.6. The van der Waals surface area contributed by atoms with Crippen molar-refractivity contribution < 1.29 is 35.7 Å². The van der Waals surface area contributed by atoms with Crippen molar-refractivity contribution in [2.75, 3.05) is 53.4 Å². The number of likely N-dealkylation sites (N-methyl/N-ethyl adjacent to an activating group) is 2. The molecule has 1 heterocycles. The van der Waals surface area contributed by atoms with Crippen molar-refractivity contribution in [1.29, 1.82) is 0 Å². The fourth-order valence-electron chi connectivity index (χ4n) is 1.51. The maximum atomic E-state index is 10.7. The van der Waals surface area contributed by atoms with Gasteiger partial charge in [-0.25, -0.2) is 8.42 Å². The van der Waals surface area contributed by atoms with Crippen LogP contribution in [0.5, 0.6) is 0 Å². The summed E-state index contributed by atoms with van der Waals surface area (Å²) in [6.45, 7) is 5.91. The average Bonchev–Trinajstić information content (AvgIpc) is 2.21. The molecule has 1 fully saturated rings. The minimum absolute atomic E-state index is 0.320. The molecule has 19 heavy (non-hydrogen) atoms. The van der Waals surface area contributed by atoms with Gasteiger partial charge in [-0.2, -0.15) is 13.2 Å². The zero-order valence-electron chi connectivity index (χ0n) is 10.9. The predicted molar refractivity (Wildman–Crippen MR) is 61.1 cm³/mol. The Hall–Kier alpha value is -0.420. The van der Waals surface area contributed by atoms with Crippen LogP contribution < -0.4 is 0 Å². The Morgan fingerprint density at radius 2 is 1.68 bits per heavy atom. The molecule has 0 amide bonds. The van der Waals surface area contributed by atoms with Crippen LogP contribution in [0.1, 0.15) is 0 Å². The second kappa shape index (κ2) is 6.84. The molecule has 1 aliphatic rings. The largest absolute Gasteiger partial charge is 0.741 e. The van der Waals surface area contributed by atoms with Crippen LogP contribution in [0.4, 0.5) is 13.2 Å².